The smallest absolute Gasteiger partial charge is 0.0541 e. The lowest BCUT2D eigenvalue weighted by molar-refractivity contribution is 1.17. The van der Waals surface area contributed by atoms with Crippen LogP contribution in [-0.2, 0) is 0 Å². The van der Waals surface area contributed by atoms with Gasteiger partial charge in [-0.3, -0.25) is 0 Å². The first-order valence-corrected chi connectivity index (χ1v) is 18.3. The summed E-state index contributed by atoms with van der Waals surface area (Å²) in [5.41, 5.74) is 15.7. The summed E-state index contributed by atoms with van der Waals surface area (Å²) < 4.78 is 4.73. The highest BCUT2D eigenvalue weighted by Crippen LogP contribution is 2.36. The second-order valence-corrected chi connectivity index (χ2v) is 13.9. The van der Waals surface area contributed by atoms with Crippen LogP contribution in [0.15, 0.2) is 188 Å². The van der Waals surface area contributed by atoms with Gasteiger partial charge >= 0.3 is 0 Å². The van der Waals surface area contributed by atoms with Crippen molar-refractivity contribution in [1.82, 2.24) is 9.13 Å². The topological polar surface area (TPSA) is 9.86 Å². The Kier molecular flexibility index (Phi) is 7.40. The molecule has 0 fully saturated rings. The zero-order chi connectivity index (χ0) is 35.3. The van der Waals surface area contributed by atoms with Crippen LogP contribution in [0.4, 0.5) is 0 Å². The van der Waals surface area contributed by atoms with E-state index in [-0.39, 0.29) is 0 Å². The SMILES string of the molecule is Cc1ccc(-n2c3ccccc3c3cc(-c4ccc(/C=C/c5ccc(-c6ccc(-n7c8ccccc8c8ccccc87)cc6)cc5)cc4)ccc32)cc1. The van der Waals surface area contributed by atoms with Crippen molar-refractivity contribution in [1.29, 1.82) is 0 Å². The number of rotatable bonds is 6. The summed E-state index contributed by atoms with van der Waals surface area (Å²) in [4.78, 5) is 0. The molecule has 0 unspecified atom stereocenters. The first-order valence-electron chi connectivity index (χ1n) is 18.3. The number of benzene rings is 8. The predicted octanol–water partition coefficient (Wildman–Crippen LogP) is 13.7. The van der Waals surface area contributed by atoms with Gasteiger partial charge in [-0.15, -0.1) is 0 Å². The molecule has 0 N–H and O–H groups in total. The van der Waals surface area contributed by atoms with Crippen molar-refractivity contribution in [2.24, 2.45) is 0 Å². The molecule has 0 aliphatic heterocycles. The van der Waals surface area contributed by atoms with Crippen LogP contribution in [0, 0.1) is 6.92 Å². The van der Waals surface area contributed by atoms with E-state index in [1.807, 2.05) is 0 Å². The lowest BCUT2D eigenvalue weighted by Crippen LogP contribution is -1.93. The van der Waals surface area contributed by atoms with E-state index in [4.69, 9.17) is 0 Å². The van der Waals surface area contributed by atoms with Crippen LogP contribution in [0.5, 0.6) is 0 Å². The third kappa shape index (κ3) is 5.44. The van der Waals surface area contributed by atoms with Gasteiger partial charge in [-0.2, -0.15) is 0 Å². The highest BCUT2D eigenvalue weighted by atomic mass is 15.0. The summed E-state index contributed by atoms with van der Waals surface area (Å²) in [5, 5.41) is 5.10. The van der Waals surface area contributed by atoms with Crippen molar-refractivity contribution in [2.45, 2.75) is 6.92 Å². The Morgan fingerprint density at radius 3 is 1.17 bits per heavy atom. The largest absolute Gasteiger partial charge is 0.309 e. The van der Waals surface area contributed by atoms with E-state index in [0.29, 0.717) is 0 Å². The second kappa shape index (κ2) is 12.7. The molecule has 0 bridgehead atoms. The highest BCUT2D eigenvalue weighted by molar-refractivity contribution is 6.11. The van der Waals surface area contributed by atoms with Gasteiger partial charge < -0.3 is 9.13 Å². The molecule has 8 aromatic carbocycles. The number of aromatic nitrogens is 2. The summed E-state index contributed by atoms with van der Waals surface area (Å²) in [6.45, 7) is 2.13. The third-order valence-corrected chi connectivity index (χ3v) is 10.6. The molecule has 0 aliphatic carbocycles. The number of hydrogen-bond donors (Lipinski definition) is 0. The molecule has 0 saturated carbocycles. The van der Waals surface area contributed by atoms with Crippen molar-refractivity contribution in [3.05, 3.63) is 205 Å². The summed E-state index contributed by atoms with van der Waals surface area (Å²) >= 11 is 0. The zero-order valence-electron chi connectivity index (χ0n) is 29.4. The molecule has 53 heavy (non-hydrogen) atoms. The summed E-state index contributed by atoms with van der Waals surface area (Å²) in [5.74, 6) is 0. The Morgan fingerprint density at radius 1 is 0.321 bits per heavy atom. The molecular weight excluding hydrogens is 641 g/mol. The molecule has 2 heterocycles. The second-order valence-electron chi connectivity index (χ2n) is 13.9. The van der Waals surface area contributed by atoms with Crippen LogP contribution in [0.2, 0.25) is 0 Å². The van der Waals surface area contributed by atoms with E-state index >= 15 is 0 Å². The third-order valence-electron chi connectivity index (χ3n) is 10.6. The number of aryl methyl sites for hydroxylation is 1. The van der Waals surface area contributed by atoms with Gasteiger partial charge in [0.15, 0.2) is 0 Å². The van der Waals surface area contributed by atoms with Gasteiger partial charge in [0, 0.05) is 32.9 Å². The number of hydrogen-bond acceptors (Lipinski definition) is 0. The van der Waals surface area contributed by atoms with Crippen LogP contribution in [-0.4, -0.2) is 9.13 Å². The fourth-order valence-corrected chi connectivity index (χ4v) is 7.89. The minimum Gasteiger partial charge on any atom is -0.309 e. The zero-order valence-corrected chi connectivity index (χ0v) is 29.4. The van der Waals surface area contributed by atoms with Crippen molar-refractivity contribution >= 4 is 55.8 Å². The molecule has 0 amide bonds. The Hall–Kier alpha value is -6.90. The molecule has 250 valence electrons. The van der Waals surface area contributed by atoms with Crippen LogP contribution in [0.25, 0.3) is 89.4 Å². The monoisotopic (exact) mass is 676 g/mol. The van der Waals surface area contributed by atoms with Gasteiger partial charge in [0.25, 0.3) is 0 Å². The number of para-hydroxylation sites is 3. The molecule has 2 aromatic heterocycles. The Labute approximate surface area is 309 Å². The molecular formula is C51H36N2. The van der Waals surface area contributed by atoms with Gasteiger partial charge in [-0.05, 0) is 94.9 Å². The lowest BCUT2D eigenvalue weighted by Gasteiger charge is -2.09. The molecule has 10 aromatic rings. The van der Waals surface area contributed by atoms with Crippen molar-refractivity contribution < 1.29 is 0 Å². The summed E-state index contributed by atoms with van der Waals surface area (Å²) in [6, 6.07) is 68.3. The van der Waals surface area contributed by atoms with Crippen LogP contribution < -0.4 is 0 Å². The molecule has 0 radical (unpaired) electrons. The summed E-state index contributed by atoms with van der Waals surface area (Å²) in [7, 11) is 0. The van der Waals surface area contributed by atoms with Crippen molar-refractivity contribution in [3.63, 3.8) is 0 Å². The fourth-order valence-electron chi connectivity index (χ4n) is 7.89. The normalized spacial score (nSPS) is 11.8. The molecule has 0 aliphatic rings. The quantitative estimate of drug-likeness (QED) is 0.155. The summed E-state index contributed by atoms with van der Waals surface area (Å²) in [6.07, 6.45) is 4.38. The minimum atomic E-state index is 1.17. The maximum atomic E-state index is 2.37. The highest BCUT2D eigenvalue weighted by Gasteiger charge is 2.14. The number of nitrogens with zero attached hydrogens (tertiary/aromatic N) is 2. The van der Waals surface area contributed by atoms with E-state index in [9.17, 15) is 0 Å². The predicted molar refractivity (Wildman–Crippen MR) is 226 cm³/mol. The van der Waals surface area contributed by atoms with Gasteiger partial charge in [-0.25, -0.2) is 0 Å². The molecule has 2 heteroatoms. The Bertz CT molecular complexity index is 2900. The maximum absolute atomic E-state index is 2.37. The number of fused-ring (bicyclic) bond motifs is 6. The maximum Gasteiger partial charge on any atom is 0.0541 e. The first kappa shape index (κ1) is 30.9. The molecule has 0 spiro atoms. The fraction of sp³-hybridized carbons (Fsp3) is 0.0196. The molecule has 0 atom stereocenters. The Balaban J connectivity index is 0.873. The van der Waals surface area contributed by atoms with E-state index < -0.39 is 0 Å². The molecule has 2 nitrogen and oxygen atoms in total. The molecule has 0 saturated heterocycles. The van der Waals surface area contributed by atoms with E-state index in [0.717, 1.165) is 0 Å². The van der Waals surface area contributed by atoms with Gasteiger partial charge in [0.05, 0.1) is 22.1 Å². The van der Waals surface area contributed by atoms with Gasteiger partial charge in [-0.1, -0.05) is 151 Å². The standard InChI is InChI=1S/C51H36N2/c1-35-14-29-42(30-15-35)53-50-13-7-4-10-46(50)47-34-41(28-33-51(47)53)40-24-20-37(21-25-40)17-16-36-18-22-38(23-19-36)39-26-31-43(32-27-39)52-48-11-5-2-8-44(48)45-9-3-6-12-49(45)52/h2-34H,1H3/b17-16+. The lowest BCUT2D eigenvalue weighted by atomic mass is 10.0. The average molecular weight is 677 g/mol. The van der Waals surface area contributed by atoms with Crippen LogP contribution in [0.1, 0.15) is 16.7 Å². The minimum absolute atomic E-state index is 1.17. The van der Waals surface area contributed by atoms with Crippen LogP contribution in [0.3, 0.4) is 0 Å². The van der Waals surface area contributed by atoms with Crippen LogP contribution >= 0.6 is 0 Å². The van der Waals surface area contributed by atoms with E-state index in [1.165, 1.54) is 93.9 Å². The van der Waals surface area contributed by atoms with Crippen molar-refractivity contribution in [2.75, 3.05) is 0 Å². The Morgan fingerprint density at radius 2 is 0.679 bits per heavy atom. The van der Waals surface area contributed by atoms with Gasteiger partial charge in [0.1, 0.15) is 0 Å². The molecule has 10 rings (SSSR count). The average Bonchev–Trinajstić information content (AvgIpc) is 3.74. The van der Waals surface area contributed by atoms with Gasteiger partial charge in [0.2, 0.25) is 0 Å². The first-order chi connectivity index (χ1) is 26.2. The van der Waals surface area contributed by atoms with Crippen molar-refractivity contribution in [3.8, 4) is 33.6 Å². The van der Waals surface area contributed by atoms with E-state index in [2.05, 4.69) is 216 Å². The van der Waals surface area contributed by atoms with E-state index in [1.54, 1.807) is 0 Å².